The van der Waals surface area contributed by atoms with Crippen LogP contribution in [0, 0.1) is 0 Å². The minimum Gasteiger partial charge on any atom is -0.243 e. The fourth-order valence-electron chi connectivity index (χ4n) is 1.83. The first-order valence-corrected chi connectivity index (χ1v) is 7.06. The SMILES string of the molecule is CC(C)n1nc(-c2ccccc2)c(-c2nccs2)n1. The predicted molar refractivity (Wildman–Crippen MR) is 77.0 cm³/mol. The molecule has 0 fully saturated rings. The van der Waals surface area contributed by atoms with Gasteiger partial charge in [0, 0.05) is 17.1 Å². The molecular weight excluding hydrogens is 256 g/mol. The second-order valence-electron chi connectivity index (χ2n) is 4.51. The van der Waals surface area contributed by atoms with E-state index in [0.717, 1.165) is 22.0 Å². The molecule has 0 aliphatic carbocycles. The van der Waals surface area contributed by atoms with Crippen LogP contribution in [-0.4, -0.2) is 20.0 Å². The van der Waals surface area contributed by atoms with Gasteiger partial charge in [-0.25, -0.2) is 4.98 Å². The normalized spacial score (nSPS) is 11.1. The summed E-state index contributed by atoms with van der Waals surface area (Å²) < 4.78 is 0. The van der Waals surface area contributed by atoms with E-state index in [0.29, 0.717) is 0 Å². The van der Waals surface area contributed by atoms with Gasteiger partial charge in [0.15, 0.2) is 0 Å². The van der Waals surface area contributed by atoms with Crippen molar-refractivity contribution in [3.05, 3.63) is 41.9 Å². The van der Waals surface area contributed by atoms with Gasteiger partial charge in [0.05, 0.1) is 6.04 Å². The summed E-state index contributed by atoms with van der Waals surface area (Å²) >= 11 is 1.58. The summed E-state index contributed by atoms with van der Waals surface area (Å²) in [6, 6.07) is 10.3. The lowest BCUT2D eigenvalue weighted by Crippen LogP contribution is -2.04. The average molecular weight is 270 g/mol. The molecule has 0 bridgehead atoms. The Labute approximate surface area is 115 Å². The van der Waals surface area contributed by atoms with E-state index >= 15 is 0 Å². The summed E-state index contributed by atoms with van der Waals surface area (Å²) in [6.07, 6.45) is 1.79. The molecule has 96 valence electrons. The second kappa shape index (κ2) is 4.93. The van der Waals surface area contributed by atoms with Gasteiger partial charge in [0.2, 0.25) is 0 Å². The predicted octanol–water partition coefficient (Wildman–Crippen LogP) is 3.65. The van der Waals surface area contributed by atoms with E-state index in [9.17, 15) is 0 Å². The third kappa shape index (κ3) is 2.29. The Morgan fingerprint density at radius 2 is 1.79 bits per heavy atom. The molecule has 0 spiro atoms. The van der Waals surface area contributed by atoms with Crippen molar-refractivity contribution in [2.45, 2.75) is 19.9 Å². The summed E-state index contributed by atoms with van der Waals surface area (Å²) in [7, 11) is 0. The Bertz CT molecular complexity index is 656. The van der Waals surface area contributed by atoms with Gasteiger partial charge in [0.1, 0.15) is 16.4 Å². The van der Waals surface area contributed by atoms with Crippen LogP contribution in [0.5, 0.6) is 0 Å². The second-order valence-corrected chi connectivity index (χ2v) is 5.41. The highest BCUT2D eigenvalue weighted by Crippen LogP contribution is 2.30. The minimum absolute atomic E-state index is 0.233. The fraction of sp³-hybridized carbons (Fsp3) is 0.214. The first kappa shape index (κ1) is 12.0. The van der Waals surface area contributed by atoms with E-state index in [1.165, 1.54) is 0 Å². The molecular formula is C14H14N4S. The first-order chi connectivity index (χ1) is 9.25. The van der Waals surface area contributed by atoms with Crippen molar-refractivity contribution >= 4 is 11.3 Å². The summed E-state index contributed by atoms with van der Waals surface area (Å²) in [5.41, 5.74) is 2.82. The molecule has 4 nitrogen and oxygen atoms in total. The van der Waals surface area contributed by atoms with Gasteiger partial charge in [-0.2, -0.15) is 9.90 Å². The largest absolute Gasteiger partial charge is 0.243 e. The Kier molecular flexibility index (Phi) is 3.13. The standard InChI is InChI=1S/C14H14N4S/c1-10(2)18-16-12(11-6-4-3-5-7-11)13(17-18)14-15-8-9-19-14/h3-10H,1-2H3. The van der Waals surface area contributed by atoms with Gasteiger partial charge in [0.25, 0.3) is 0 Å². The van der Waals surface area contributed by atoms with Gasteiger partial charge < -0.3 is 0 Å². The Hall–Kier alpha value is -2.01. The van der Waals surface area contributed by atoms with Crippen LogP contribution in [0.25, 0.3) is 22.0 Å². The van der Waals surface area contributed by atoms with Crippen LogP contribution in [0.3, 0.4) is 0 Å². The third-order valence-electron chi connectivity index (χ3n) is 2.77. The molecule has 2 heterocycles. The third-order valence-corrected chi connectivity index (χ3v) is 3.55. The maximum atomic E-state index is 4.61. The molecule has 0 amide bonds. The highest BCUT2D eigenvalue weighted by molar-refractivity contribution is 7.13. The summed E-state index contributed by atoms with van der Waals surface area (Å²) in [5.74, 6) is 0. The summed E-state index contributed by atoms with van der Waals surface area (Å²) in [6.45, 7) is 4.14. The lowest BCUT2D eigenvalue weighted by molar-refractivity contribution is 0.468. The van der Waals surface area contributed by atoms with Crippen molar-refractivity contribution in [2.24, 2.45) is 0 Å². The Morgan fingerprint density at radius 3 is 2.42 bits per heavy atom. The number of hydrogen-bond donors (Lipinski definition) is 0. The maximum absolute atomic E-state index is 4.61. The van der Waals surface area contributed by atoms with E-state index in [1.807, 2.05) is 35.7 Å². The van der Waals surface area contributed by atoms with Gasteiger partial charge in [-0.15, -0.1) is 16.4 Å². The average Bonchev–Trinajstić information content (AvgIpc) is 3.08. The lowest BCUT2D eigenvalue weighted by Gasteiger charge is -2.00. The van der Waals surface area contributed by atoms with Crippen LogP contribution >= 0.6 is 11.3 Å². The molecule has 0 aliphatic heterocycles. The lowest BCUT2D eigenvalue weighted by atomic mass is 10.1. The number of rotatable bonds is 3. The summed E-state index contributed by atoms with van der Waals surface area (Å²) in [4.78, 5) is 6.10. The quantitative estimate of drug-likeness (QED) is 0.729. The number of hydrogen-bond acceptors (Lipinski definition) is 4. The van der Waals surface area contributed by atoms with Crippen LogP contribution in [0.2, 0.25) is 0 Å². The maximum Gasteiger partial charge on any atom is 0.149 e. The molecule has 0 saturated carbocycles. The number of aromatic nitrogens is 4. The van der Waals surface area contributed by atoms with Gasteiger partial charge >= 0.3 is 0 Å². The van der Waals surface area contributed by atoms with E-state index in [-0.39, 0.29) is 6.04 Å². The zero-order valence-corrected chi connectivity index (χ0v) is 11.6. The molecule has 5 heteroatoms. The van der Waals surface area contributed by atoms with Crippen LogP contribution in [0.15, 0.2) is 41.9 Å². The zero-order valence-electron chi connectivity index (χ0n) is 10.8. The van der Waals surface area contributed by atoms with Gasteiger partial charge in [-0.05, 0) is 13.8 Å². The molecule has 0 aliphatic rings. The molecule has 0 unspecified atom stereocenters. The highest BCUT2D eigenvalue weighted by Gasteiger charge is 2.17. The van der Waals surface area contributed by atoms with Crippen molar-refractivity contribution < 1.29 is 0 Å². The van der Waals surface area contributed by atoms with E-state index < -0.39 is 0 Å². The molecule has 3 aromatic rings. The summed E-state index contributed by atoms with van der Waals surface area (Å²) in [5, 5.41) is 12.1. The van der Waals surface area contributed by atoms with Crippen LogP contribution in [0.4, 0.5) is 0 Å². The zero-order chi connectivity index (χ0) is 13.2. The number of nitrogens with zero attached hydrogens (tertiary/aromatic N) is 4. The fourth-order valence-corrected chi connectivity index (χ4v) is 2.45. The van der Waals surface area contributed by atoms with Crippen LogP contribution < -0.4 is 0 Å². The Balaban J connectivity index is 2.17. The van der Waals surface area contributed by atoms with E-state index in [4.69, 9.17) is 0 Å². The first-order valence-electron chi connectivity index (χ1n) is 6.18. The van der Waals surface area contributed by atoms with Crippen molar-refractivity contribution in [3.8, 4) is 22.0 Å². The van der Waals surface area contributed by atoms with E-state index in [1.54, 1.807) is 22.3 Å². The Morgan fingerprint density at radius 1 is 1.05 bits per heavy atom. The molecule has 0 N–H and O–H groups in total. The molecule has 0 atom stereocenters. The topological polar surface area (TPSA) is 43.6 Å². The minimum atomic E-state index is 0.233. The molecule has 3 rings (SSSR count). The van der Waals surface area contributed by atoms with Crippen molar-refractivity contribution in [2.75, 3.05) is 0 Å². The molecule has 2 aromatic heterocycles. The highest BCUT2D eigenvalue weighted by atomic mass is 32.1. The van der Waals surface area contributed by atoms with Gasteiger partial charge in [-0.3, -0.25) is 0 Å². The monoisotopic (exact) mass is 270 g/mol. The molecule has 0 radical (unpaired) electrons. The van der Waals surface area contributed by atoms with Gasteiger partial charge in [-0.1, -0.05) is 30.3 Å². The molecule has 0 saturated heterocycles. The molecule has 1 aromatic carbocycles. The number of benzene rings is 1. The number of thiazole rings is 1. The van der Waals surface area contributed by atoms with Crippen molar-refractivity contribution in [3.63, 3.8) is 0 Å². The van der Waals surface area contributed by atoms with Crippen molar-refractivity contribution in [1.82, 2.24) is 20.0 Å². The van der Waals surface area contributed by atoms with Crippen LogP contribution in [0.1, 0.15) is 19.9 Å². The smallest absolute Gasteiger partial charge is 0.149 e. The van der Waals surface area contributed by atoms with Crippen LogP contribution in [-0.2, 0) is 0 Å². The molecule has 19 heavy (non-hydrogen) atoms. The van der Waals surface area contributed by atoms with E-state index in [2.05, 4.69) is 29.0 Å². The van der Waals surface area contributed by atoms with Crippen molar-refractivity contribution in [1.29, 1.82) is 0 Å².